The Kier molecular flexibility index (Phi) is 5.03. The van der Waals surface area contributed by atoms with Crippen LogP contribution in [0.3, 0.4) is 0 Å². The van der Waals surface area contributed by atoms with E-state index < -0.39 is 11.6 Å². The van der Waals surface area contributed by atoms with E-state index in [2.05, 4.69) is 0 Å². The van der Waals surface area contributed by atoms with Gasteiger partial charge >= 0.3 is 0 Å². The van der Waals surface area contributed by atoms with Crippen molar-refractivity contribution in [2.24, 2.45) is 0 Å². The number of carbonyl (C=O) groups excluding carboxylic acids is 2. The lowest BCUT2D eigenvalue weighted by molar-refractivity contribution is 0.111. The molecule has 0 aliphatic carbocycles. The Hall–Kier alpha value is -3.54. The SMILES string of the molecule is O=Cc1ccc(Oc2cccc(Oc3ccc(C=O)cc3F)c2)c(F)c1. The first-order chi connectivity index (χ1) is 12.6. The van der Waals surface area contributed by atoms with Crippen LogP contribution in [-0.4, -0.2) is 12.6 Å². The Morgan fingerprint density at radius 2 is 1.12 bits per heavy atom. The summed E-state index contributed by atoms with van der Waals surface area (Å²) in [6.45, 7) is 0. The Balaban J connectivity index is 1.80. The van der Waals surface area contributed by atoms with E-state index in [0.29, 0.717) is 12.6 Å². The van der Waals surface area contributed by atoms with E-state index in [9.17, 15) is 18.4 Å². The van der Waals surface area contributed by atoms with Crippen LogP contribution in [0.15, 0.2) is 60.7 Å². The van der Waals surface area contributed by atoms with E-state index in [1.807, 2.05) is 0 Å². The van der Waals surface area contributed by atoms with Crippen LogP contribution in [0.4, 0.5) is 8.78 Å². The standard InChI is InChI=1S/C20H12F2O4/c21-17-8-13(11-23)4-6-19(17)25-15-2-1-3-16(10-15)26-20-7-5-14(12-24)9-18(20)22/h1-12H. The second-order valence-corrected chi connectivity index (χ2v) is 5.29. The molecule has 0 saturated carbocycles. The maximum atomic E-state index is 13.9. The third kappa shape index (κ3) is 3.92. The minimum absolute atomic E-state index is 0.0609. The van der Waals surface area contributed by atoms with Crippen molar-refractivity contribution < 1.29 is 27.8 Å². The first kappa shape index (κ1) is 17.3. The molecule has 0 spiro atoms. The molecule has 0 aromatic heterocycles. The number of halogens is 2. The molecule has 0 atom stereocenters. The Labute approximate surface area is 147 Å². The second kappa shape index (κ2) is 7.57. The van der Waals surface area contributed by atoms with Crippen molar-refractivity contribution in [1.29, 1.82) is 0 Å². The van der Waals surface area contributed by atoms with Gasteiger partial charge in [0.25, 0.3) is 0 Å². The molecule has 4 nitrogen and oxygen atoms in total. The largest absolute Gasteiger partial charge is 0.454 e. The third-order valence-electron chi connectivity index (χ3n) is 3.45. The van der Waals surface area contributed by atoms with Gasteiger partial charge in [-0.05, 0) is 48.5 Å². The van der Waals surface area contributed by atoms with Gasteiger partial charge in [0.15, 0.2) is 23.1 Å². The van der Waals surface area contributed by atoms with E-state index in [4.69, 9.17) is 9.47 Å². The van der Waals surface area contributed by atoms with Gasteiger partial charge in [-0.15, -0.1) is 0 Å². The summed E-state index contributed by atoms with van der Waals surface area (Å²) in [7, 11) is 0. The van der Waals surface area contributed by atoms with Crippen molar-refractivity contribution >= 4 is 12.6 Å². The van der Waals surface area contributed by atoms with Gasteiger partial charge in [-0.1, -0.05) is 6.07 Å². The minimum atomic E-state index is -0.684. The first-order valence-electron chi connectivity index (χ1n) is 7.54. The monoisotopic (exact) mass is 354 g/mol. The van der Waals surface area contributed by atoms with Crippen LogP contribution >= 0.6 is 0 Å². The van der Waals surface area contributed by atoms with Crippen molar-refractivity contribution in [2.45, 2.75) is 0 Å². The molecule has 0 aliphatic rings. The molecule has 0 unspecified atom stereocenters. The van der Waals surface area contributed by atoms with Gasteiger partial charge in [-0.3, -0.25) is 9.59 Å². The van der Waals surface area contributed by atoms with Crippen LogP contribution in [0.25, 0.3) is 0 Å². The lowest BCUT2D eigenvalue weighted by atomic mass is 10.2. The Bertz CT molecular complexity index is 895. The molecule has 3 rings (SSSR count). The second-order valence-electron chi connectivity index (χ2n) is 5.29. The predicted molar refractivity (Wildman–Crippen MR) is 90.2 cm³/mol. The number of aldehydes is 2. The highest BCUT2D eigenvalue weighted by Gasteiger charge is 2.09. The van der Waals surface area contributed by atoms with Gasteiger partial charge in [0, 0.05) is 17.2 Å². The molecular weight excluding hydrogens is 342 g/mol. The maximum Gasteiger partial charge on any atom is 0.166 e. The van der Waals surface area contributed by atoms with Crippen molar-refractivity contribution in [1.82, 2.24) is 0 Å². The van der Waals surface area contributed by atoms with Crippen LogP contribution < -0.4 is 9.47 Å². The summed E-state index contributed by atoms with van der Waals surface area (Å²) >= 11 is 0. The number of carbonyl (C=O) groups is 2. The van der Waals surface area contributed by atoms with Gasteiger partial charge in [-0.25, -0.2) is 8.78 Å². The zero-order chi connectivity index (χ0) is 18.5. The van der Waals surface area contributed by atoms with Crippen molar-refractivity contribution in [3.63, 3.8) is 0 Å². The van der Waals surface area contributed by atoms with Crippen LogP contribution in [0.2, 0.25) is 0 Å². The van der Waals surface area contributed by atoms with Gasteiger partial charge < -0.3 is 9.47 Å². The quantitative estimate of drug-likeness (QED) is 0.573. The lowest BCUT2D eigenvalue weighted by Gasteiger charge is -2.10. The van der Waals surface area contributed by atoms with E-state index in [1.165, 1.54) is 30.3 Å². The number of rotatable bonds is 6. The van der Waals surface area contributed by atoms with Crippen LogP contribution in [-0.2, 0) is 0 Å². The highest BCUT2D eigenvalue weighted by Crippen LogP contribution is 2.30. The summed E-state index contributed by atoms with van der Waals surface area (Å²) in [6.07, 6.45) is 1.07. The van der Waals surface area contributed by atoms with Crippen molar-refractivity contribution in [2.75, 3.05) is 0 Å². The highest BCUT2D eigenvalue weighted by atomic mass is 19.1. The van der Waals surface area contributed by atoms with Gasteiger partial charge in [-0.2, -0.15) is 0 Å². The predicted octanol–water partition coefficient (Wildman–Crippen LogP) is 5.17. The first-order valence-corrected chi connectivity index (χ1v) is 7.54. The van der Waals surface area contributed by atoms with Crippen LogP contribution in [0.1, 0.15) is 20.7 Å². The molecule has 6 heteroatoms. The number of benzene rings is 3. The summed E-state index contributed by atoms with van der Waals surface area (Å²) in [5.41, 5.74) is 0.391. The minimum Gasteiger partial charge on any atom is -0.454 e. The molecule has 0 N–H and O–H groups in total. The number of hydrogen-bond donors (Lipinski definition) is 0. The van der Waals surface area contributed by atoms with Crippen molar-refractivity contribution in [3.05, 3.63) is 83.4 Å². The lowest BCUT2D eigenvalue weighted by Crippen LogP contribution is -1.93. The zero-order valence-electron chi connectivity index (χ0n) is 13.3. The molecule has 3 aromatic carbocycles. The van der Waals surface area contributed by atoms with E-state index >= 15 is 0 Å². The summed E-state index contributed by atoms with van der Waals surface area (Å²) in [4.78, 5) is 21.3. The van der Waals surface area contributed by atoms with E-state index in [-0.39, 0.29) is 34.1 Å². The molecule has 3 aromatic rings. The van der Waals surface area contributed by atoms with Gasteiger partial charge in [0.05, 0.1) is 0 Å². The molecule has 0 amide bonds. The zero-order valence-corrected chi connectivity index (χ0v) is 13.3. The van der Waals surface area contributed by atoms with E-state index in [0.717, 1.165) is 12.1 Å². The molecule has 0 bridgehead atoms. The normalized spacial score (nSPS) is 10.2. The fourth-order valence-corrected chi connectivity index (χ4v) is 2.20. The summed E-state index contributed by atoms with van der Waals surface area (Å²) < 4.78 is 38.7. The molecule has 0 fully saturated rings. The fourth-order valence-electron chi connectivity index (χ4n) is 2.20. The fraction of sp³-hybridized carbons (Fsp3) is 0. The Morgan fingerprint density at radius 1 is 0.654 bits per heavy atom. The number of ether oxygens (including phenoxy) is 2. The summed E-state index contributed by atoms with van der Waals surface area (Å²) in [5, 5.41) is 0. The summed E-state index contributed by atoms with van der Waals surface area (Å²) in [5.74, 6) is -0.952. The molecule has 130 valence electrons. The van der Waals surface area contributed by atoms with Crippen LogP contribution in [0, 0.1) is 11.6 Å². The third-order valence-corrected chi connectivity index (χ3v) is 3.45. The molecular formula is C20H12F2O4. The average Bonchev–Trinajstić information content (AvgIpc) is 2.65. The van der Waals surface area contributed by atoms with E-state index in [1.54, 1.807) is 18.2 Å². The summed E-state index contributed by atoms with van der Waals surface area (Å²) in [6, 6.07) is 13.9. The maximum absolute atomic E-state index is 13.9. The van der Waals surface area contributed by atoms with Crippen LogP contribution in [0.5, 0.6) is 23.0 Å². The molecule has 0 heterocycles. The number of hydrogen-bond acceptors (Lipinski definition) is 4. The average molecular weight is 354 g/mol. The topological polar surface area (TPSA) is 52.6 Å². The smallest absolute Gasteiger partial charge is 0.166 e. The molecule has 26 heavy (non-hydrogen) atoms. The molecule has 0 aliphatic heterocycles. The Morgan fingerprint density at radius 3 is 1.50 bits per heavy atom. The molecule has 0 saturated heterocycles. The van der Waals surface area contributed by atoms with Gasteiger partial charge in [0.1, 0.15) is 24.1 Å². The highest BCUT2D eigenvalue weighted by molar-refractivity contribution is 5.75. The van der Waals surface area contributed by atoms with Crippen molar-refractivity contribution in [3.8, 4) is 23.0 Å². The van der Waals surface area contributed by atoms with Gasteiger partial charge in [0.2, 0.25) is 0 Å². The molecule has 0 radical (unpaired) electrons.